The molecule has 3 aliphatic heterocycles. The standard InChI is InChI=1S/C30H43N5O5S/c1-41(38,39)34-10-8-33(9-11-34)22-4-6-25(7-5-22)40-26-14-23-2-3-24(15-26)35(23)29(37)32-27-20-12-19-13-21(27)18-30(16-19,17-20)28(31)36/h4-7,19-21,23-24,26-27H,2-3,8-18H2,1H3,(H2,31,36)(H,32,37). The van der Waals surface area contributed by atoms with Crippen LogP contribution in [0, 0.1) is 23.2 Å². The molecule has 4 aliphatic carbocycles. The molecular formula is C30H43N5O5S. The highest BCUT2D eigenvalue weighted by atomic mass is 32.2. The summed E-state index contributed by atoms with van der Waals surface area (Å²) in [4.78, 5) is 30.3. The number of carbonyl (C=O) groups is 2. The van der Waals surface area contributed by atoms with Crippen LogP contribution in [0.15, 0.2) is 24.3 Å². The van der Waals surface area contributed by atoms with Gasteiger partial charge in [-0.15, -0.1) is 0 Å². The summed E-state index contributed by atoms with van der Waals surface area (Å²) in [5.74, 6) is 2.01. The average Bonchev–Trinajstić information content (AvgIpc) is 3.20. The average molecular weight is 586 g/mol. The molecular weight excluding hydrogens is 542 g/mol. The van der Waals surface area contributed by atoms with Gasteiger partial charge in [-0.1, -0.05) is 0 Å². The van der Waals surface area contributed by atoms with Crippen LogP contribution in [0.3, 0.4) is 0 Å². The molecule has 3 heterocycles. The number of anilines is 1. The number of nitrogens with zero attached hydrogens (tertiary/aromatic N) is 3. The van der Waals surface area contributed by atoms with Gasteiger partial charge in [0.15, 0.2) is 0 Å². The molecule has 11 heteroatoms. The zero-order valence-corrected chi connectivity index (χ0v) is 24.7. The van der Waals surface area contributed by atoms with Crippen molar-refractivity contribution in [2.24, 2.45) is 28.9 Å². The van der Waals surface area contributed by atoms with Crippen molar-refractivity contribution in [2.75, 3.05) is 37.3 Å². The van der Waals surface area contributed by atoms with Gasteiger partial charge in [-0.25, -0.2) is 13.2 Å². The van der Waals surface area contributed by atoms with Crippen molar-refractivity contribution >= 4 is 27.6 Å². The molecule has 41 heavy (non-hydrogen) atoms. The number of ether oxygens (including phenoxy) is 1. The summed E-state index contributed by atoms with van der Waals surface area (Å²) >= 11 is 0. The van der Waals surface area contributed by atoms with Gasteiger partial charge in [0, 0.05) is 68.2 Å². The molecule has 0 aromatic heterocycles. The van der Waals surface area contributed by atoms with Gasteiger partial charge in [-0.2, -0.15) is 4.31 Å². The number of piperazine rings is 1. The van der Waals surface area contributed by atoms with E-state index >= 15 is 0 Å². The maximum absolute atomic E-state index is 13.6. The molecule has 3 saturated heterocycles. The van der Waals surface area contributed by atoms with Crippen LogP contribution in [0.4, 0.5) is 10.5 Å². The van der Waals surface area contributed by atoms with E-state index in [9.17, 15) is 18.0 Å². The first-order valence-corrected chi connectivity index (χ1v) is 17.3. The number of urea groups is 1. The zero-order valence-electron chi connectivity index (χ0n) is 23.9. The van der Waals surface area contributed by atoms with Crippen LogP contribution in [-0.4, -0.2) is 86.2 Å². The van der Waals surface area contributed by atoms with E-state index in [2.05, 4.69) is 27.2 Å². The van der Waals surface area contributed by atoms with Crippen LogP contribution in [-0.2, 0) is 14.8 Å². The summed E-state index contributed by atoms with van der Waals surface area (Å²) in [6, 6.07) is 8.73. The second kappa shape index (κ2) is 10.0. The van der Waals surface area contributed by atoms with Crippen molar-refractivity contribution in [3.8, 4) is 5.75 Å². The molecule has 0 radical (unpaired) electrons. The van der Waals surface area contributed by atoms with Crippen molar-refractivity contribution in [3.63, 3.8) is 0 Å². The van der Waals surface area contributed by atoms with Crippen molar-refractivity contribution in [2.45, 2.75) is 82.0 Å². The SMILES string of the molecule is CS(=O)(=O)N1CCN(c2ccc(OC3CC4CCC(C3)N4C(=O)NC3C4CC5CC3CC(C(N)=O)(C5)C4)cc2)CC1. The maximum atomic E-state index is 13.6. The summed E-state index contributed by atoms with van der Waals surface area (Å²) < 4.78 is 31.5. The number of rotatable bonds is 6. The lowest BCUT2D eigenvalue weighted by Crippen LogP contribution is -2.64. The Kier molecular flexibility index (Phi) is 6.69. The number of fused-ring (bicyclic) bond motifs is 2. The van der Waals surface area contributed by atoms with Gasteiger partial charge < -0.3 is 25.6 Å². The van der Waals surface area contributed by atoms with Crippen LogP contribution in [0.1, 0.15) is 57.8 Å². The monoisotopic (exact) mass is 585 g/mol. The number of hydrogen-bond donors (Lipinski definition) is 2. The molecule has 8 rings (SSSR count). The Bertz CT molecular complexity index is 1270. The predicted molar refractivity (Wildman–Crippen MR) is 155 cm³/mol. The first-order chi connectivity index (χ1) is 19.6. The lowest BCUT2D eigenvalue weighted by Gasteiger charge is -2.59. The minimum Gasteiger partial charge on any atom is -0.490 e. The van der Waals surface area contributed by atoms with Crippen LogP contribution in [0.5, 0.6) is 5.75 Å². The maximum Gasteiger partial charge on any atom is 0.318 e. The molecule has 7 fully saturated rings. The quantitative estimate of drug-likeness (QED) is 0.529. The Hall–Kier alpha value is -2.53. The highest BCUT2D eigenvalue weighted by Crippen LogP contribution is 2.60. The number of carbonyl (C=O) groups excluding carboxylic acids is 2. The molecule has 3 amide bonds. The molecule has 0 spiro atoms. The highest BCUT2D eigenvalue weighted by molar-refractivity contribution is 7.88. The Morgan fingerprint density at radius 2 is 1.54 bits per heavy atom. The summed E-state index contributed by atoms with van der Waals surface area (Å²) in [6.07, 6.45) is 9.87. The third-order valence-corrected chi connectivity index (χ3v) is 12.5. The van der Waals surface area contributed by atoms with E-state index in [4.69, 9.17) is 10.5 Å². The largest absolute Gasteiger partial charge is 0.490 e. The van der Waals surface area contributed by atoms with E-state index in [1.165, 1.54) is 10.6 Å². The summed E-state index contributed by atoms with van der Waals surface area (Å²) in [5.41, 5.74) is 6.60. The van der Waals surface area contributed by atoms with Crippen molar-refractivity contribution in [1.29, 1.82) is 0 Å². The minimum atomic E-state index is -3.14. The number of sulfonamides is 1. The minimum absolute atomic E-state index is 0.0712. The van der Waals surface area contributed by atoms with Gasteiger partial charge in [-0.3, -0.25) is 4.79 Å². The van der Waals surface area contributed by atoms with E-state index in [0.29, 0.717) is 43.9 Å². The van der Waals surface area contributed by atoms with Gasteiger partial charge in [0.25, 0.3) is 0 Å². The molecule has 1 aromatic carbocycles. The molecule has 3 N–H and O–H groups in total. The van der Waals surface area contributed by atoms with E-state index in [-0.39, 0.29) is 41.6 Å². The number of primary amides is 1. The second-order valence-electron chi connectivity index (χ2n) is 13.7. The molecule has 224 valence electrons. The van der Waals surface area contributed by atoms with Gasteiger partial charge in [0.05, 0.1) is 6.26 Å². The van der Waals surface area contributed by atoms with Crippen LogP contribution < -0.4 is 20.7 Å². The fourth-order valence-corrected chi connectivity index (χ4v) is 10.4. The Balaban J connectivity index is 0.934. The molecule has 4 atom stereocenters. The highest BCUT2D eigenvalue weighted by Gasteiger charge is 2.58. The van der Waals surface area contributed by atoms with E-state index in [1.807, 2.05) is 12.1 Å². The Morgan fingerprint density at radius 1 is 0.927 bits per heavy atom. The van der Waals surface area contributed by atoms with Crippen molar-refractivity contribution in [3.05, 3.63) is 24.3 Å². The third kappa shape index (κ3) is 4.96. The second-order valence-corrected chi connectivity index (χ2v) is 15.7. The molecule has 1 aromatic rings. The van der Waals surface area contributed by atoms with Crippen molar-refractivity contribution < 1.29 is 22.7 Å². The molecule has 6 bridgehead atoms. The number of hydrogen-bond acceptors (Lipinski definition) is 6. The van der Waals surface area contributed by atoms with Crippen LogP contribution in [0.25, 0.3) is 0 Å². The van der Waals surface area contributed by atoms with Gasteiger partial charge >= 0.3 is 6.03 Å². The van der Waals surface area contributed by atoms with Gasteiger partial charge in [0.2, 0.25) is 15.9 Å². The topological polar surface area (TPSA) is 125 Å². The fourth-order valence-electron chi connectivity index (χ4n) is 9.54. The predicted octanol–water partition coefficient (Wildman–Crippen LogP) is 2.53. The van der Waals surface area contributed by atoms with Gasteiger partial charge in [0.1, 0.15) is 11.9 Å². The number of nitrogens with one attached hydrogen (secondary N) is 1. The number of nitrogens with two attached hydrogens (primary N) is 1. The normalized spacial score (nSPS) is 38.2. The summed E-state index contributed by atoms with van der Waals surface area (Å²) in [5, 5.41) is 3.45. The van der Waals surface area contributed by atoms with E-state index < -0.39 is 10.0 Å². The Morgan fingerprint density at radius 3 is 2.10 bits per heavy atom. The molecule has 10 nitrogen and oxygen atoms in total. The number of benzene rings is 1. The summed E-state index contributed by atoms with van der Waals surface area (Å²) in [7, 11) is -3.14. The molecule has 7 aliphatic rings. The first-order valence-electron chi connectivity index (χ1n) is 15.4. The van der Waals surface area contributed by atoms with Gasteiger partial charge in [-0.05, 0) is 87.0 Å². The van der Waals surface area contributed by atoms with E-state index in [1.54, 1.807) is 0 Å². The smallest absolute Gasteiger partial charge is 0.318 e. The first kappa shape index (κ1) is 27.3. The van der Waals surface area contributed by atoms with Crippen LogP contribution in [0.2, 0.25) is 0 Å². The number of amides is 3. The molecule has 4 unspecified atom stereocenters. The lowest BCUT2D eigenvalue weighted by atomic mass is 9.47. The van der Waals surface area contributed by atoms with Crippen LogP contribution >= 0.6 is 0 Å². The van der Waals surface area contributed by atoms with E-state index in [0.717, 1.165) is 69.2 Å². The third-order valence-electron chi connectivity index (χ3n) is 11.2. The Labute approximate surface area is 243 Å². The molecule has 4 saturated carbocycles. The zero-order chi connectivity index (χ0) is 28.5. The lowest BCUT2D eigenvalue weighted by molar-refractivity contribution is -0.145. The fraction of sp³-hybridized carbons (Fsp3) is 0.733. The van der Waals surface area contributed by atoms with Crippen molar-refractivity contribution in [1.82, 2.24) is 14.5 Å². The summed E-state index contributed by atoms with van der Waals surface area (Å²) in [6.45, 7) is 2.35. The number of piperidine rings is 1.